The van der Waals surface area contributed by atoms with Crippen LogP contribution in [0, 0.1) is 0 Å². The van der Waals surface area contributed by atoms with Crippen molar-refractivity contribution in [2.75, 3.05) is 5.43 Å². The van der Waals surface area contributed by atoms with Gasteiger partial charge in [-0.15, -0.1) is 11.3 Å². The summed E-state index contributed by atoms with van der Waals surface area (Å²) < 4.78 is 5.37. The Hall–Kier alpha value is -2.67. The quantitative estimate of drug-likeness (QED) is 0.243. The van der Waals surface area contributed by atoms with Crippen molar-refractivity contribution in [3.8, 4) is 11.3 Å². The second kappa shape index (κ2) is 7.75. The van der Waals surface area contributed by atoms with Crippen LogP contribution in [0.2, 0.25) is 10.0 Å². The van der Waals surface area contributed by atoms with Gasteiger partial charge in [0.15, 0.2) is 0 Å². The lowest BCUT2D eigenvalue weighted by molar-refractivity contribution is 0.563. The molecule has 1 N–H and O–H groups in total. The van der Waals surface area contributed by atoms with Gasteiger partial charge in [0.1, 0.15) is 5.58 Å². The average molecular weight is 430 g/mol. The van der Waals surface area contributed by atoms with Gasteiger partial charge in [-0.25, -0.2) is 9.78 Å². The summed E-state index contributed by atoms with van der Waals surface area (Å²) in [6.07, 6.45) is 0. The number of anilines is 1. The van der Waals surface area contributed by atoms with E-state index in [1.165, 1.54) is 11.3 Å². The third-order valence-electron chi connectivity index (χ3n) is 4.06. The van der Waals surface area contributed by atoms with Crippen molar-refractivity contribution in [3.63, 3.8) is 0 Å². The van der Waals surface area contributed by atoms with Crippen LogP contribution in [0.3, 0.4) is 0 Å². The van der Waals surface area contributed by atoms with Crippen molar-refractivity contribution in [2.45, 2.75) is 6.92 Å². The maximum atomic E-state index is 12.3. The van der Waals surface area contributed by atoms with Crippen molar-refractivity contribution >= 4 is 56.4 Å². The minimum Gasteiger partial charge on any atom is -0.422 e. The third kappa shape index (κ3) is 3.80. The molecule has 8 heteroatoms. The van der Waals surface area contributed by atoms with Gasteiger partial charge in [0.25, 0.3) is 0 Å². The summed E-state index contributed by atoms with van der Waals surface area (Å²) >= 11 is 13.5. The predicted octanol–water partition coefficient (Wildman–Crippen LogP) is 6.06. The summed E-state index contributed by atoms with van der Waals surface area (Å²) in [5.74, 6) is 0. The fourth-order valence-corrected chi connectivity index (χ4v) is 3.86. The first-order valence-electron chi connectivity index (χ1n) is 8.26. The average Bonchev–Trinajstić information content (AvgIpc) is 3.14. The van der Waals surface area contributed by atoms with Crippen molar-refractivity contribution in [1.82, 2.24) is 4.98 Å². The molecule has 0 saturated carbocycles. The lowest BCUT2D eigenvalue weighted by Crippen LogP contribution is -2.03. The van der Waals surface area contributed by atoms with Crippen LogP contribution < -0.4 is 11.1 Å². The summed E-state index contributed by atoms with van der Waals surface area (Å²) in [5, 5.41) is 8.57. The lowest BCUT2D eigenvalue weighted by atomic mass is 10.1. The Balaban J connectivity index is 1.60. The molecule has 0 amide bonds. The minimum absolute atomic E-state index is 0.407. The second-order valence-electron chi connectivity index (χ2n) is 5.96. The summed E-state index contributed by atoms with van der Waals surface area (Å²) in [5.41, 5.74) is 5.41. The van der Waals surface area contributed by atoms with Gasteiger partial charge in [0.2, 0.25) is 5.13 Å². The molecule has 0 spiro atoms. The summed E-state index contributed by atoms with van der Waals surface area (Å²) in [7, 11) is 0. The second-order valence-corrected chi connectivity index (χ2v) is 7.66. The predicted molar refractivity (Wildman–Crippen MR) is 116 cm³/mol. The van der Waals surface area contributed by atoms with E-state index in [9.17, 15) is 4.79 Å². The van der Waals surface area contributed by atoms with Crippen molar-refractivity contribution < 1.29 is 4.42 Å². The van der Waals surface area contributed by atoms with Crippen LogP contribution in [0.25, 0.3) is 22.2 Å². The van der Waals surface area contributed by atoms with Gasteiger partial charge < -0.3 is 4.42 Å². The lowest BCUT2D eigenvalue weighted by Gasteiger charge is -2.04. The summed E-state index contributed by atoms with van der Waals surface area (Å²) in [4.78, 5) is 16.7. The van der Waals surface area contributed by atoms with E-state index < -0.39 is 5.63 Å². The molecule has 140 valence electrons. The topological polar surface area (TPSA) is 67.5 Å². The smallest absolute Gasteiger partial charge is 0.345 e. The Bertz CT molecular complexity index is 1260. The number of benzene rings is 2. The first-order chi connectivity index (χ1) is 13.5. The van der Waals surface area contributed by atoms with Crippen LogP contribution in [0.4, 0.5) is 5.13 Å². The highest BCUT2D eigenvalue weighted by atomic mass is 35.5. The van der Waals surface area contributed by atoms with E-state index in [0.29, 0.717) is 37.7 Å². The molecule has 0 fully saturated rings. The maximum Gasteiger partial charge on any atom is 0.345 e. The fraction of sp³-hybridized carbons (Fsp3) is 0.0500. The number of thiazole rings is 1. The zero-order valence-corrected chi connectivity index (χ0v) is 16.9. The molecule has 0 aliphatic rings. The number of hydrogen-bond donors (Lipinski definition) is 1. The van der Waals surface area contributed by atoms with Gasteiger partial charge in [0.05, 0.1) is 22.0 Å². The highest BCUT2D eigenvalue weighted by Gasteiger charge is 2.12. The zero-order valence-electron chi connectivity index (χ0n) is 14.6. The molecule has 0 aliphatic carbocycles. The molecule has 2 heterocycles. The van der Waals surface area contributed by atoms with Gasteiger partial charge in [-0.1, -0.05) is 47.5 Å². The highest BCUT2D eigenvalue weighted by molar-refractivity contribution is 7.14. The first-order valence-corrected chi connectivity index (χ1v) is 9.89. The Kier molecular flexibility index (Phi) is 5.17. The number of rotatable bonds is 4. The van der Waals surface area contributed by atoms with Crippen LogP contribution in [0.1, 0.15) is 12.5 Å². The molecular weight excluding hydrogens is 417 g/mol. The molecule has 0 bridgehead atoms. The molecule has 5 nitrogen and oxygen atoms in total. The van der Waals surface area contributed by atoms with Gasteiger partial charge in [-0.3, -0.25) is 5.43 Å². The van der Waals surface area contributed by atoms with E-state index >= 15 is 0 Å². The number of nitrogens with zero attached hydrogens (tertiary/aromatic N) is 2. The highest BCUT2D eigenvalue weighted by Crippen LogP contribution is 2.26. The molecule has 2 aromatic carbocycles. The number of fused-ring (bicyclic) bond motifs is 1. The molecule has 0 unspecified atom stereocenters. The Morgan fingerprint density at radius 2 is 2.00 bits per heavy atom. The normalized spacial score (nSPS) is 11.8. The number of hydrogen-bond acceptors (Lipinski definition) is 6. The zero-order chi connectivity index (χ0) is 19.7. The van der Waals surface area contributed by atoms with Crippen molar-refractivity contribution in [2.24, 2.45) is 5.10 Å². The summed E-state index contributed by atoms with van der Waals surface area (Å²) in [6, 6.07) is 14.4. The first kappa shape index (κ1) is 18.7. The number of nitrogens with one attached hydrogen (secondary N) is 1. The van der Waals surface area contributed by atoms with E-state index in [1.807, 2.05) is 25.1 Å². The number of halogens is 2. The van der Waals surface area contributed by atoms with Gasteiger partial charge in [-0.05, 0) is 31.2 Å². The van der Waals surface area contributed by atoms with Gasteiger partial charge >= 0.3 is 5.63 Å². The van der Waals surface area contributed by atoms with Crippen molar-refractivity contribution in [3.05, 3.63) is 79.9 Å². The monoisotopic (exact) mass is 429 g/mol. The van der Waals surface area contributed by atoms with E-state index in [-0.39, 0.29) is 0 Å². The standard InChI is InChI=1S/C20H13Cl2N3O2S/c1-11(14-7-6-13(21)9-16(14)22)24-25-20-23-17(10-28-20)15-8-12-4-2-3-5-18(12)27-19(15)26/h2-10H,1H3,(H,23,25). The van der Waals surface area contributed by atoms with Crippen LogP contribution in [-0.2, 0) is 0 Å². The minimum atomic E-state index is -0.428. The van der Waals surface area contributed by atoms with E-state index in [4.69, 9.17) is 27.6 Å². The molecule has 0 aliphatic heterocycles. The van der Waals surface area contributed by atoms with Crippen LogP contribution in [0.15, 0.2) is 68.2 Å². The molecule has 4 rings (SSSR count). The van der Waals surface area contributed by atoms with Crippen LogP contribution in [-0.4, -0.2) is 10.7 Å². The molecule has 0 saturated heterocycles. The Morgan fingerprint density at radius 1 is 1.18 bits per heavy atom. The SMILES string of the molecule is CC(=NNc1nc(-c2cc3ccccc3oc2=O)cs1)c1ccc(Cl)cc1Cl. The largest absolute Gasteiger partial charge is 0.422 e. The van der Waals surface area contributed by atoms with E-state index in [1.54, 1.807) is 35.7 Å². The summed E-state index contributed by atoms with van der Waals surface area (Å²) in [6.45, 7) is 1.83. The van der Waals surface area contributed by atoms with E-state index in [2.05, 4.69) is 15.5 Å². The molecule has 2 aromatic heterocycles. The Labute approximate surface area is 174 Å². The van der Waals surface area contributed by atoms with E-state index in [0.717, 1.165) is 10.9 Å². The number of aromatic nitrogens is 1. The van der Waals surface area contributed by atoms with Crippen LogP contribution >= 0.6 is 34.5 Å². The molecule has 0 radical (unpaired) electrons. The number of hydrazone groups is 1. The maximum absolute atomic E-state index is 12.3. The third-order valence-corrected chi connectivity index (χ3v) is 5.36. The molecule has 28 heavy (non-hydrogen) atoms. The molecule has 0 atom stereocenters. The fourth-order valence-electron chi connectivity index (χ4n) is 2.66. The number of para-hydroxylation sites is 1. The Morgan fingerprint density at radius 3 is 2.82 bits per heavy atom. The van der Waals surface area contributed by atoms with Crippen molar-refractivity contribution in [1.29, 1.82) is 0 Å². The van der Waals surface area contributed by atoms with Gasteiger partial charge in [0, 0.05) is 21.4 Å². The van der Waals surface area contributed by atoms with Crippen LogP contribution in [0.5, 0.6) is 0 Å². The molecule has 4 aromatic rings. The van der Waals surface area contributed by atoms with Gasteiger partial charge in [-0.2, -0.15) is 5.10 Å². The molecular formula is C20H13Cl2N3O2S.